The lowest BCUT2D eigenvalue weighted by Crippen LogP contribution is -2.18. The quantitative estimate of drug-likeness (QED) is 0.560. The molecule has 0 aliphatic rings. The van der Waals surface area contributed by atoms with Crippen LogP contribution in [0.15, 0.2) is 41.2 Å². The van der Waals surface area contributed by atoms with Crippen LogP contribution in [0.3, 0.4) is 0 Å². The molecule has 0 aliphatic heterocycles. The van der Waals surface area contributed by atoms with Crippen molar-refractivity contribution in [1.29, 1.82) is 0 Å². The number of rotatable bonds is 10. The van der Waals surface area contributed by atoms with E-state index in [0.717, 1.165) is 24.4 Å². The zero-order valence-corrected chi connectivity index (χ0v) is 17.0. The molecule has 3 rings (SSSR count). The van der Waals surface area contributed by atoms with Crippen molar-refractivity contribution in [2.24, 2.45) is 0 Å². The fourth-order valence-electron chi connectivity index (χ4n) is 2.64. The van der Waals surface area contributed by atoms with E-state index in [1.165, 1.54) is 0 Å². The van der Waals surface area contributed by atoms with Gasteiger partial charge in [0.2, 0.25) is 17.6 Å². The molecule has 0 aliphatic carbocycles. The van der Waals surface area contributed by atoms with E-state index in [4.69, 9.17) is 9.26 Å². The lowest BCUT2D eigenvalue weighted by molar-refractivity contribution is -0.116. The van der Waals surface area contributed by atoms with Crippen LogP contribution in [0.1, 0.15) is 19.2 Å². The molecule has 1 N–H and O–H groups in total. The minimum atomic E-state index is -0.127. The smallest absolute Gasteiger partial charge is 0.227 e. The van der Waals surface area contributed by atoms with Gasteiger partial charge in [0.25, 0.3) is 0 Å². The molecule has 154 valence electrons. The Morgan fingerprint density at radius 2 is 2.07 bits per heavy atom. The Labute approximate surface area is 169 Å². The summed E-state index contributed by atoms with van der Waals surface area (Å²) in [6, 6.07) is 7.47. The summed E-state index contributed by atoms with van der Waals surface area (Å²) < 4.78 is 12.5. The van der Waals surface area contributed by atoms with Gasteiger partial charge in [-0.1, -0.05) is 5.16 Å². The highest BCUT2D eigenvalue weighted by Crippen LogP contribution is 2.20. The number of aromatic nitrogens is 4. The normalized spacial score (nSPS) is 11.0. The third kappa shape index (κ3) is 6.15. The van der Waals surface area contributed by atoms with E-state index in [1.54, 1.807) is 10.9 Å². The predicted octanol–water partition coefficient (Wildman–Crippen LogP) is 2.46. The molecule has 9 heteroatoms. The summed E-state index contributed by atoms with van der Waals surface area (Å²) in [7, 11) is 4.01. The molecule has 2 aromatic heterocycles. The average Bonchev–Trinajstić information content (AvgIpc) is 3.35. The Morgan fingerprint density at radius 1 is 1.28 bits per heavy atom. The molecule has 9 nitrogen and oxygen atoms in total. The Morgan fingerprint density at radius 3 is 2.79 bits per heavy atom. The fraction of sp³-hybridized carbons (Fsp3) is 0.400. The first-order chi connectivity index (χ1) is 14.0. The van der Waals surface area contributed by atoms with Crippen molar-refractivity contribution in [2.75, 3.05) is 32.6 Å². The molecule has 29 heavy (non-hydrogen) atoms. The maximum atomic E-state index is 12.2. The highest BCUT2D eigenvalue weighted by Gasteiger charge is 2.12. The number of nitrogens with zero attached hydrogens (tertiary/aromatic N) is 5. The van der Waals surface area contributed by atoms with Crippen molar-refractivity contribution in [3.63, 3.8) is 0 Å². The number of nitrogens with one attached hydrogen (secondary N) is 1. The number of carbonyl (C=O) groups is 1. The molecule has 0 spiro atoms. The van der Waals surface area contributed by atoms with E-state index in [2.05, 4.69) is 25.5 Å². The Kier molecular flexibility index (Phi) is 6.96. The maximum Gasteiger partial charge on any atom is 0.227 e. The minimum Gasteiger partial charge on any atom is -0.494 e. The van der Waals surface area contributed by atoms with Crippen molar-refractivity contribution in [1.82, 2.24) is 24.8 Å². The van der Waals surface area contributed by atoms with Gasteiger partial charge in [-0.25, -0.2) is 0 Å². The van der Waals surface area contributed by atoms with Crippen LogP contribution in [0.5, 0.6) is 5.75 Å². The number of carbonyl (C=O) groups excluding carboxylic acids is 1. The lowest BCUT2D eigenvalue weighted by Gasteiger charge is -2.08. The second-order valence-electron chi connectivity index (χ2n) is 6.81. The zero-order chi connectivity index (χ0) is 20.6. The first-order valence-electron chi connectivity index (χ1n) is 9.56. The van der Waals surface area contributed by atoms with Crippen molar-refractivity contribution in [2.45, 2.75) is 26.3 Å². The van der Waals surface area contributed by atoms with Gasteiger partial charge >= 0.3 is 0 Å². The summed E-state index contributed by atoms with van der Waals surface area (Å²) in [6.45, 7) is 4.19. The van der Waals surface area contributed by atoms with Gasteiger partial charge in [-0.3, -0.25) is 9.48 Å². The molecule has 0 radical (unpaired) electrons. The summed E-state index contributed by atoms with van der Waals surface area (Å²) >= 11 is 0. The van der Waals surface area contributed by atoms with Gasteiger partial charge < -0.3 is 19.5 Å². The van der Waals surface area contributed by atoms with Gasteiger partial charge in [-0.05, 0) is 45.3 Å². The van der Waals surface area contributed by atoms with Gasteiger partial charge in [0, 0.05) is 31.1 Å². The molecule has 0 bridgehead atoms. The van der Waals surface area contributed by atoms with Crippen molar-refractivity contribution < 1.29 is 14.1 Å². The van der Waals surface area contributed by atoms with Crippen LogP contribution in [0, 0.1) is 0 Å². The Balaban J connectivity index is 1.48. The lowest BCUT2D eigenvalue weighted by atomic mass is 10.2. The van der Waals surface area contributed by atoms with Crippen LogP contribution < -0.4 is 10.1 Å². The van der Waals surface area contributed by atoms with Crippen LogP contribution >= 0.6 is 0 Å². The molecule has 3 aromatic rings. The molecule has 0 saturated heterocycles. The van der Waals surface area contributed by atoms with Crippen LogP contribution in [0.25, 0.3) is 11.4 Å². The summed E-state index contributed by atoms with van der Waals surface area (Å²) in [6.07, 6.45) is 4.07. The number of amides is 1. The SMILES string of the molecule is CCOc1ccc(-c2noc(CCC(=O)Nc3cnn(CCN(C)C)c3)n2)cc1. The molecular formula is C20H26N6O3. The molecule has 0 atom stereocenters. The number of benzene rings is 1. The monoisotopic (exact) mass is 398 g/mol. The topological polar surface area (TPSA) is 98.3 Å². The zero-order valence-electron chi connectivity index (χ0n) is 17.0. The highest BCUT2D eigenvalue weighted by molar-refractivity contribution is 5.90. The van der Waals surface area contributed by atoms with E-state index in [9.17, 15) is 4.79 Å². The number of anilines is 1. The Bertz CT molecular complexity index is 916. The van der Waals surface area contributed by atoms with E-state index in [-0.39, 0.29) is 12.3 Å². The summed E-state index contributed by atoms with van der Waals surface area (Å²) in [5.74, 6) is 1.58. The second-order valence-corrected chi connectivity index (χ2v) is 6.81. The van der Waals surface area contributed by atoms with Gasteiger partial charge in [-0.2, -0.15) is 10.1 Å². The third-order valence-corrected chi connectivity index (χ3v) is 4.15. The predicted molar refractivity (Wildman–Crippen MR) is 109 cm³/mol. The van der Waals surface area contributed by atoms with E-state index < -0.39 is 0 Å². The van der Waals surface area contributed by atoms with E-state index in [0.29, 0.717) is 30.4 Å². The van der Waals surface area contributed by atoms with Crippen LogP contribution in [0.2, 0.25) is 0 Å². The molecule has 0 unspecified atom stereocenters. The number of ether oxygens (including phenoxy) is 1. The largest absolute Gasteiger partial charge is 0.494 e. The first kappa shape index (κ1) is 20.5. The summed E-state index contributed by atoms with van der Waals surface area (Å²) in [5.41, 5.74) is 1.51. The van der Waals surface area contributed by atoms with Crippen LogP contribution in [0.4, 0.5) is 5.69 Å². The van der Waals surface area contributed by atoms with E-state index >= 15 is 0 Å². The van der Waals surface area contributed by atoms with Gasteiger partial charge in [0.05, 0.1) is 25.0 Å². The fourth-order valence-corrected chi connectivity index (χ4v) is 2.64. The van der Waals surface area contributed by atoms with Gasteiger partial charge in [0.15, 0.2) is 0 Å². The molecule has 1 amide bonds. The molecule has 1 aromatic carbocycles. The molecule has 2 heterocycles. The number of likely N-dealkylation sites (N-methyl/N-ethyl adjacent to an activating group) is 1. The van der Waals surface area contributed by atoms with Crippen molar-refractivity contribution >= 4 is 11.6 Å². The molecular weight excluding hydrogens is 372 g/mol. The van der Waals surface area contributed by atoms with Crippen LogP contribution in [-0.2, 0) is 17.8 Å². The summed E-state index contributed by atoms with van der Waals surface area (Å²) in [5, 5.41) is 11.1. The minimum absolute atomic E-state index is 0.127. The highest BCUT2D eigenvalue weighted by atomic mass is 16.5. The van der Waals surface area contributed by atoms with Crippen molar-refractivity contribution in [3.05, 3.63) is 42.5 Å². The van der Waals surface area contributed by atoms with E-state index in [1.807, 2.05) is 51.5 Å². The number of hydrogen-bond donors (Lipinski definition) is 1. The number of hydrogen-bond acceptors (Lipinski definition) is 7. The van der Waals surface area contributed by atoms with Crippen molar-refractivity contribution in [3.8, 4) is 17.1 Å². The molecule has 0 fully saturated rings. The Hall–Kier alpha value is -3.20. The number of aryl methyl sites for hydroxylation is 1. The average molecular weight is 398 g/mol. The summed E-state index contributed by atoms with van der Waals surface area (Å²) in [4.78, 5) is 18.6. The standard InChI is InChI=1S/C20H26N6O3/c1-4-28-17-7-5-15(6-8-17)20-23-19(29-24-20)10-9-18(27)22-16-13-21-26(14-16)12-11-25(2)3/h5-8,13-14H,4,9-12H2,1-3H3,(H,22,27). The first-order valence-corrected chi connectivity index (χ1v) is 9.56. The van der Waals surface area contributed by atoms with Gasteiger partial charge in [0.1, 0.15) is 5.75 Å². The second kappa shape index (κ2) is 9.83. The molecule has 0 saturated carbocycles. The maximum absolute atomic E-state index is 12.2. The van der Waals surface area contributed by atoms with Crippen LogP contribution in [-0.4, -0.2) is 58.0 Å². The third-order valence-electron chi connectivity index (χ3n) is 4.15. The van der Waals surface area contributed by atoms with Gasteiger partial charge in [-0.15, -0.1) is 0 Å².